The number of carboxylic acids is 1. The second kappa shape index (κ2) is 7.40. The normalized spacial score (nSPS) is 13.3. The lowest BCUT2D eigenvalue weighted by atomic mass is 10.0. The third-order valence-electron chi connectivity index (χ3n) is 3.59. The lowest BCUT2D eigenvalue weighted by Gasteiger charge is -2.17. The number of carboxylic acid groups (broad SMARTS) is 1. The Balaban J connectivity index is 2.68. The van der Waals surface area contributed by atoms with E-state index >= 15 is 0 Å². The Kier molecular flexibility index (Phi) is 5.77. The molecule has 146 valence electrons. The maximum atomic E-state index is 13.4. The van der Waals surface area contributed by atoms with Gasteiger partial charge in [0, 0.05) is 16.8 Å². The molecule has 2 aromatic rings. The molecule has 0 unspecified atom stereocenters. The number of aliphatic carboxylic acids is 1. The first kappa shape index (κ1) is 21.0. The number of benzene rings is 2. The molecule has 2 rings (SSSR count). The second-order valence-corrected chi connectivity index (χ2v) is 8.14. The number of hydrogen-bond acceptors (Lipinski definition) is 4. The van der Waals surface area contributed by atoms with Gasteiger partial charge in [0.2, 0.25) is 0 Å². The summed E-state index contributed by atoms with van der Waals surface area (Å²) in [6.07, 6.45) is -5.50. The van der Waals surface area contributed by atoms with Crippen LogP contribution >= 0.6 is 11.6 Å². The maximum Gasteiger partial charge on any atom is 0.417 e. The third-order valence-corrected chi connectivity index (χ3v) is 4.98. The van der Waals surface area contributed by atoms with Crippen molar-refractivity contribution >= 4 is 27.4 Å². The van der Waals surface area contributed by atoms with Gasteiger partial charge in [-0.05, 0) is 42.8 Å². The predicted octanol–water partition coefficient (Wildman–Crippen LogP) is 4.28. The van der Waals surface area contributed by atoms with Crippen LogP contribution in [0.5, 0.6) is 5.75 Å². The van der Waals surface area contributed by atoms with Crippen LogP contribution in [0.1, 0.15) is 12.5 Å². The van der Waals surface area contributed by atoms with Gasteiger partial charge in [0.15, 0.2) is 15.9 Å². The molecule has 0 radical (unpaired) electrons. The van der Waals surface area contributed by atoms with E-state index in [9.17, 15) is 26.4 Å². The van der Waals surface area contributed by atoms with E-state index in [1.807, 2.05) is 0 Å². The lowest BCUT2D eigenvalue weighted by Crippen LogP contribution is -2.23. The van der Waals surface area contributed by atoms with Crippen LogP contribution in [-0.4, -0.2) is 31.9 Å². The highest BCUT2D eigenvalue weighted by Crippen LogP contribution is 2.40. The SMILES string of the molecule is C[C@@H](Oc1ccc(Cl)cc1-c1ccc(S(C)(=O)=O)c(C(F)(F)F)c1)C(=O)O. The summed E-state index contributed by atoms with van der Waals surface area (Å²) in [4.78, 5) is 10.1. The highest BCUT2D eigenvalue weighted by Gasteiger charge is 2.36. The summed E-state index contributed by atoms with van der Waals surface area (Å²) in [5, 5.41) is 9.15. The fourth-order valence-electron chi connectivity index (χ4n) is 2.31. The Morgan fingerprint density at radius 1 is 1.19 bits per heavy atom. The molecule has 0 aliphatic heterocycles. The molecule has 0 aliphatic carbocycles. The average Bonchev–Trinajstić information content (AvgIpc) is 2.54. The number of hydrogen-bond donors (Lipinski definition) is 1. The highest BCUT2D eigenvalue weighted by atomic mass is 35.5. The van der Waals surface area contributed by atoms with Gasteiger partial charge in [-0.15, -0.1) is 0 Å². The molecule has 1 N–H and O–H groups in total. The van der Waals surface area contributed by atoms with Gasteiger partial charge in [0.25, 0.3) is 0 Å². The monoisotopic (exact) mass is 422 g/mol. The molecule has 0 spiro atoms. The molecule has 10 heteroatoms. The van der Waals surface area contributed by atoms with Crippen molar-refractivity contribution in [2.75, 3.05) is 6.26 Å². The van der Waals surface area contributed by atoms with Gasteiger partial charge in [-0.1, -0.05) is 17.7 Å². The van der Waals surface area contributed by atoms with E-state index in [0.29, 0.717) is 12.3 Å². The van der Waals surface area contributed by atoms with Gasteiger partial charge in [0.1, 0.15) is 5.75 Å². The molecule has 0 saturated carbocycles. The van der Waals surface area contributed by atoms with Crippen molar-refractivity contribution in [3.05, 3.63) is 47.0 Å². The summed E-state index contributed by atoms with van der Waals surface area (Å²) < 4.78 is 68.8. The Hall–Kier alpha value is -2.26. The number of sulfone groups is 1. The molecular weight excluding hydrogens is 409 g/mol. The summed E-state index contributed by atoms with van der Waals surface area (Å²) in [5.74, 6) is -1.27. The van der Waals surface area contributed by atoms with Crippen molar-refractivity contribution in [3.63, 3.8) is 0 Å². The first-order valence-corrected chi connectivity index (χ1v) is 9.68. The first-order valence-electron chi connectivity index (χ1n) is 7.41. The summed E-state index contributed by atoms with van der Waals surface area (Å²) in [7, 11) is -4.12. The largest absolute Gasteiger partial charge is 0.479 e. The number of halogens is 4. The molecule has 2 aromatic carbocycles. The predicted molar refractivity (Wildman–Crippen MR) is 92.7 cm³/mol. The molecule has 5 nitrogen and oxygen atoms in total. The molecule has 1 atom stereocenters. The zero-order valence-electron chi connectivity index (χ0n) is 14.0. The van der Waals surface area contributed by atoms with E-state index in [4.69, 9.17) is 21.4 Å². The first-order chi connectivity index (χ1) is 12.3. The van der Waals surface area contributed by atoms with Gasteiger partial charge < -0.3 is 9.84 Å². The van der Waals surface area contributed by atoms with Crippen molar-refractivity contribution in [1.29, 1.82) is 0 Å². The van der Waals surface area contributed by atoms with Gasteiger partial charge in [-0.25, -0.2) is 13.2 Å². The van der Waals surface area contributed by atoms with E-state index in [2.05, 4.69) is 0 Å². The minimum Gasteiger partial charge on any atom is -0.479 e. The molecule has 27 heavy (non-hydrogen) atoms. The van der Waals surface area contributed by atoms with Gasteiger partial charge in [-0.2, -0.15) is 13.2 Å². The van der Waals surface area contributed by atoms with Crippen LogP contribution in [0.25, 0.3) is 11.1 Å². The van der Waals surface area contributed by atoms with Crippen LogP contribution in [0.2, 0.25) is 5.02 Å². The van der Waals surface area contributed by atoms with E-state index in [1.54, 1.807) is 0 Å². The van der Waals surface area contributed by atoms with Crippen LogP contribution in [0.15, 0.2) is 41.3 Å². The quantitative estimate of drug-likeness (QED) is 0.777. The molecular formula is C17H14ClF3O5S. The van der Waals surface area contributed by atoms with Crippen LogP contribution < -0.4 is 4.74 Å². The summed E-state index contributed by atoms with van der Waals surface area (Å²) in [6.45, 7) is 1.26. The van der Waals surface area contributed by atoms with E-state index in [-0.39, 0.29) is 21.9 Å². The lowest BCUT2D eigenvalue weighted by molar-refractivity contribution is -0.144. The van der Waals surface area contributed by atoms with Gasteiger partial charge in [0.05, 0.1) is 10.5 Å². The Morgan fingerprint density at radius 2 is 1.81 bits per heavy atom. The highest BCUT2D eigenvalue weighted by molar-refractivity contribution is 7.90. The zero-order valence-corrected chi connectivity index (χ0v) is 15.6. The summed E-state index contributed by atoms with van der Waals surface area (Å²) >= 11 is 5.91. The average molecular weight is 423 g/mol. The van der Waals surface area contributed by atoms with E-state index in [0.717, 1.165) is 6.07 Å². The fourth-order valence-corrected chi connectivity index (χ4v) is 3.38. The van der Waals surface area contributed by atoms with Crippen molar-refractivity contribution in [2.45, 2.75) is 24.1 Å². The number of ether oxygens (including phenoxy) is 1. The maximum absolute atomic E-state index is 13.4. The van der Waals surface area contributed by atoms with E-state index < -0.39 is 38.5 Å². The van der Waals surface area contributed by atoms with Crippen molar-refractivity contribution in [2.24, 2.45) is 0 Å². The fraction of sp³-hybridized carbons (Fsp3) is 0.235. The second-order valence-electron chi connectivity index (χ2n) is 5.72. The molecule has 0 bridgehead atoms. The van der Waals surface area contributed by atoms with Crippen LogP contribution in [-0.2, 0) is 20.8 Å². The molecule has 0 amide bonds. The topological polar surface area (TPSA) is 80.7 Å². The van der Waals surface area contributed by atoms with Crippen LogP contribution in [0, 0.1) is 0 Å². The molecule has 0 heterocycles. The Bertz CT molecular complexity index is 987. The van der Waals surface area contributed by atoms with Crippen LogP contribution in [0.3, 0.4) is 0 Å². The van der Waals surface area contributed by atoms with Crippen molar-refractivity contribution in [3.8, 4) is 16.9 Å². The molecule has 0 aromatic heterocycles. The third kappa shape index (κ3) is 4.92. The molecule has 0 saturated heterocycles. The number of rotatable bonds is 5. The van der Waals surface area contributed by atoms with E-state index in [1.165, 1.54) is 31.2 Å². The van der Waals surface area contributed by atoms with Crippen LogP contribution in [0.4, 0.5) is 13.2 Å². The summed E-state index contributed by atoms with van der Waals surface area (Å²) in [6, 6.07) is 6.72. The van der Waals surface area contributed by atoms with Crippen molar-refractivity contribution < 1.29 is 36.2 Å². The summed E-state index contributed by atoms with van der Waals surface area (Å²) in [5.41, 5.74) is -1.26. The minimum absolute atomic E-state index is 0.00506. The van der Waals surface area contributed by atoms with Gasteiger partial charge >= 0.3 is 12.1 Å². The number of alkyl halides is 3. The Labute approximate surface area is 158 Å². The molecule has 0 aliphatic rings. The number of carbonyl (C=O) groups is 1. The zero-order chi connectivity index (χ0) is 20.6. The Morgan fingerprint density at radius 3 is 2.33 bits per heavy atom. The van der Waals surface area contributed by atoms with Crippen molar-refractivity contribution in [1.82, 2.24) is 0 Å². The standard InChI is InChI=1S/C17H14ClF3O5S/c1-9(16(22)23)26-14-5-4-11(18)8-12(14)10-3-6-15(27(2,24)25)13(7-10)17(19,20)21/h3-9H,1-2H3,(H,22,23)/t9-/m1/s1. The minimum atomic E-state index is -4.91. The molecule has 0 fully saturated rings. The smallest absolute Gasteiger partial charge is 0.417 e. The van der Waals surface area contributed by atoms with Gasteiger partial charge in [-0.3, -0.25) is 0 Å².